The van der Waals surface area contributed by atoms with Crippen LogP contribution in [0.1, 0.15) is 28.3 Å². The monoisotopic (exact) mass is 432 g/mol. The van der Waals surface area contributed by atoms with E-state index in [1.807, 2.05) is 0 Å². The van der Waals surface area contributed by atoms with Gasteiger partial charge in [-0.05, 0) is 48.9 Å². The second-order valence-corrected chi connectivity index (χ2v) is 7.51. The third-order valence-electron chi connectivity index (χ3n) is 5.56. The molecule has 1 saturated heterocycles. The van der Waals surface area contributed by atoms with Crippen molar-refractivity contribution in [3.8, 4) is 11.3 Å². The molecule has 1 aromatic heterocycles. The molecule has 2 aromatic carbocycles. The highest BCUT2D eigenvalue weighted by Crippen LogP contribution is 2.28. The van der Waals surface area contributed by atoms with Gasteiger partial charge in [0.2, 0.25) is 0 Å². The molecule has 4 rings (SSSR count). The summed E-state index contributed by atoms with van der Waals surface area (Å²) in [6, 6.07) is 6.80. The maximum absolute atomic E-state index is 14.7. The summed E-state index contributed by atoms with van der Waals surface area (Å²) in [7, 11) is 1.64. The Hall–Kier alpha value is -3.20. The van der Waals surface area contributed by atoms with Crippen molar-refractivity contribution in [1.29, 1.82) is 0 Å². The van der Waals surface area contributed by atoms with Gasteiger partial charge in [0.1, 0.15) is 17.2 Å². The van der Waals surface area contributed by atoms with Crippen LogP contribution in [0.3, 0.4) is 0 Å². The maximum atomic E-state index is 14.7. The van der Waals surface area contributed by atoms with Gasteiger partial charge in [-0.2, -0.15) is 5.10 Å². The number of carbonyl (C=O) groups excluding carboxylic acids is 1. The lowest BCUT2D eigenvalue weighted by Crippen LogP contribution is -2.50. The van der Waals surface area contributed by atoms with Gasteiger partial charge in [-0.1, -0.05) is 6.07 Å². The average molecular weight is 432 g/mol. The van der Waals surface area contributed by atoms with Gasteiger partial charge < -0.3 is 10.6 Å². The topological polar surface area (TPSA) is 59.0 Å². The largest absolute Gasteiger partial charge is 0.347 e. The fourth-order valence-corrected chi connectivity index (χ4v) is 3.99. The molecule has 0 unspecified atom stereocenters. The van der Waals surface area contributed by atoms with E-state index in [1.54, 1.807) is 13.1 Å². The highest BCUT2D eigenvalue weighted by atomic mass is 19.2. The van der Waals surface area contributed by atoms with Crippen molar-refractivity contribution in [3.63, 3.8) is 0 Å². The minimum absolute atomic E-state index is 0.255. The van der Waals surface area contributed by atoms with Crippen LogP contribution in [0.25, 0.3) is 11.3 Å². The number of carbonyl (C=O) groups is 1. The molecule has 1 amide bonds. The van der Waals surface area contributed by atoms with E-state index < -0.39 is 40.8 Å². The van der Waals surface area contributed by atoms with Gasteiger partial charge in [0, 0.05) is 37.3 Å². The standard InChI is InChI=1S/C22H20F4N4O/c1-30-20(5-7-28-30)13-9-17(25)21(18(26)10-13)22(31)29-19-11-27-6-4-14(19)12-2-3-15(23)16(24)8-12/h2-3,5,7-10,14,19,27H,4,6,11H2,1H3,(H,29,31)/t14-,19+/m0/s1. The molecule has 0 aliphatic carbocycles. The summed E-state index contributed by atoms with van der Waals surface area (Å²) in [4.78, 5) is 12.7. The molecule has 1 fully saturated rings. The summed E-state index contributed by atoms with van der Waals surface area (Å²) in [5.74, 6) is -5.18. The molecule has 5 nitrogen and oxygen atoms in total. The SMILES string of the molecule is Cn1nccc1-c1cc(F)c(C(=O)N[C@@H]2CNCC[C@H]2c2ccc(F)c(F)c2)c(F)c1. The van der Waals surface area contributed by atoms with Crippen molar-refractivity contribution in [2.45, 2.75) is 18.4 Å². The van der Waals surface area contributed by atoms with E-state index in [-0.39, 0.29) is 11.5 Å². The molecule has 9 heteroatoms. The first-order valence-corrected chi connectivity index (χ1v) is 9.79. The lowest BCUT2D eigenvalue weighted by molar-refractivity contribution is 0.0916. The van der Waals surface area contributed by atoms with Crippen LogP contribution >= 0.6 is 0 Å². The van der Waals surface area contributed by atoms with Crippen molar-refractivity contribution in [3.05, 3.63) is 77.0 Å². The molecule has 0 saturated carbocycles. The number of rotatable bonds is 4. The number of halogens is 4. The average Bonchev–Trinajstić information content (AvgIpc) is 3.16. The van der Waals surface area contributed by atoms with E-state index >= 15 is 0 Å². The smallest absolute Gasteiger partial charge is 0.257 e. The van der Waals surface area contributed by atoms with Crippen LogP contribution in [0.4, 0.5) is 17.6 Å². The Morgan fingerprint density at radius 1 is 1.06 bits per heavy atom. The number of benzene rings is 2. The Bertz CT molecular complexity index is 1110. The van der Waals surface area contributed by atoms with Gasteiger partial charge in [0.05, 0.1) is 5.69 Å². The number of nitrogens with one attached hydrogen (secondary N) is 2. The minimum Gasteiger partial charge on any atom is -0.347 e. The van der Waals surface area contributed by atoms with Crippen molar-refractivity contribution in [2.75, 3.05) is 13.1 Å². The zero-order valence-electron chi connectivity index (χ0n) is 16.6. The van der Waals surface area contributed by atoms with E-state index in [0.29, 0.717) is 30.8 Å². The number of nitrogens with zero attached hydrogens (tertiary/aromatic N) is 2. The first-order chi connectivity index (χ1) is 14.8. The molecule has 31 heavy (non-hydrogen) atoms. The number of aryl methyl sites for hydroxylation is 1. The lowest BCUT2D eigenvalue weighted by atomic mass is 9.85. The second kappa shape index (κ2) is 8.50. The molecule has 2 N–H and O–H groups in total. The summed E-state index contributed by atoms with van der Waals surface area (Å²) in [6.45, 7) is 0.934. The van der Waals surface area contributed by atoms with Crippen LogP contribution in [0.2, 0.25) is 0 Å². The lowest BCUT2D eigenvalue weighted by Gasteiger charge is -2.33. The van der Waals surface area contributed by atoms with Gasteiger partial charge in [0.15, 0.2) is 11.6 Å². The van der Waals surface area contributed by atoms with Crippen LogP contribution in [0.5, 0.6) is 0 Å². The Morgan fingerprint density at radius 3 is 2.45 bits per heavy atom. The summed E-state index contributed by atoms with van der Waals surface area (Å²) in [6.07, 6.45) is 2.04. The van der Waals surface area contributed by atoms with Gasteiger partial charge in [-0.3, -0.25) is 9.48 Å². The van der Waals surface area contributed by atoms with Crippen LogP contribution in [-0.2, 0) is 7.05 Å². The van der Waals surface area contributed by atoms with Gasteiger partial charge in [-0.25, -0.2) is 17.6 Å². The molecule has 162 valence electrons. The highest BCUT2D eigenvalue weighted by molar-refractivity contribution is 5.95. The zero-order chi connectivity index (χ0) is 22.1. The van der Waals surface area contributed by atoms with Gasteiger partial charge >= 0.3 is 0 Å². The number of hydrogen-bond donors (Lipinski definition) is 2. The Labute approximate surface area is 176 Å². The third kappa shape index (κ3) is 4.18. The molecular weight excluding hydrogens is 412 g/mol. The predicted molar refractivity (Wildman–Crippen MR) is 106 cm³/mol. The molecule has 0 spiro atoms. The second-order valence-electron chi connectivity index (χ2n) is 7.51. The summed E-state index contributed by atoms with van der Waals surface area (Å²) < 4.78 is 57.9. The number of aromatic nitrogens is 2. The quantitative estimate of drug-likeness (QED) is 0.621. The fraction of sp³-hybridized carbons (Fsp3) is 0.273. The number of amides is 1. The van der Waals surface area contributed by atoms with Crippen molar-refractivity contribution < 1.29 is 22.4 Å². The molecular formula is C22H20F4N4O. The summed E-state index contributed by atoms with van der Waals surface area (Å²) in [5, 5.41) is 9.72. The Balaban J connectivity index is 1.59. The molecule has 0 radical (unpaired) electrons. The van der Waals surface area contributed by atoms with E-state index in [2.05, 4.69) is 15.7 Å². The van der Waals surface area contributed by atoms with E-state index in [1.165, 1.54) is 16.9 Å². The Morgan fingerprint density at radius 2 is 1.81 bits per heavy atom. The fourth-order valence-electron chi connectivity index (χ4n) is 3.99. The van der Waals surface area contributed by atoms with Crippen LogP contribution in [-0.4, -0.2) is 34.8 Å². The third-order valence-corrected chi connectivity index (χ3v) is 5.56. The van der Waals surface area contributed by atoms with Crippen molar-refractivity contribution in [2.24, 2.45) is 7.05 Å². The summed E-state index contributed by atoms with van der Waals surface area (Å²) >= 11 is 0. The Kier molecular flexibility index (Phi) is 5.77. The molecule has 1 aliphatic heterocycles. The van der Waals surface area contributed by atoms with E-state index in [4.69, 9.17) is 0 Å². The van der Waals surface area contributed by atoms with Crippen LogP contribution in [0, 0.1) is 23.3 Å². The van der Waals surface area contributed by atoms with E-state index in [0.717, 1.165) is 24.3 Å². The maximum Gasteiger partial charge on any atom is 0.257 e. The molecule has 2 atom stereocenters. The van der Waals surface area contributed by atoms with Crippen LogP contribution < -0.4 is 10.6 Å². The minimum atomic E-state index is -0.998. The number of piperidine rings is 1. The highest BCUT2D eigenvalue weighted by Gasteiger charge is 2.30. The number of hydrogen-bond acceptors (Lipinski definition) is 3. The van der Waals surface area contributed by atoms with Crippen LogP contribution in [0.15, 0.2) is 42.6 Å². The molecule has 0 bridgehead atoms. The van der Waals surface area contributed by atoms with Gasteiger partial charge in [-0.15, -0.1) is 0 Å². The normalized spacial score (nSPS) is 18.7. The zero-order valence-corrected chi connectivity index (χ0v) is 16.6. The van der Waals surface area contributed by atoms with E-state index in [9.17, 15) is 22.4 Å². The van der Waals surface area contributed by atoms with Crippen molar-refractivity contribution in [1.82, 2.24) is 20.4 Å². The molecule has 3 aromatic rings. The first kappa shape index (κ1) is 21.0. The first-order valence-electron chi connectivity index (χ1n) is 9.79. The van der Waals surface area contributed by atoms with Gasteiger partial charge in [0.25, 0.3) is 5.91 Å². The molecule has 1 aliphatic rings. The van der Waals surface area contributed by atoms with Crippen molar-refractivity contribution >= 4 is 5.91 Å². The summed E-state index contributed by atoms with van der Waals surface area (Å²) in [5.41, 5.74) is 0.573. The predicted octanol–water partition coefficient (Wildman–Crippen LogP) is 3.52. The molecule has 2 heterocycles.